The first-order chi connectivity index (χ1) is 11.6. The molecule has 1 nitrogen and oxygen atoms in total. The van der Waals surface area contributed by atoms with Gasteiger partial charge in [0.15, 0.2) is 0 Å². The largest absolute Gasteiger partial charge is 0.464 e. The molecule has 0 unspecified atom stereocenters. The number of benzene rings is 2. The minimum Gasteiger partial charge on any atom is -0.464 e. The van der Waals surface area contributed by atoms with Crippen molar-refractivity contribution in [1.82, 2.24) is 0 Å². The van der Waals surface area contributed by atoms with E-state index >= 15 is 0 Å². The molecule has 0 saturated carbocycles. The lowest BCUT2D eigenvalue weighted by Gasteiger charge is -2.39. The lowest BCUT2D eigenvalue weighted by Crippen LogP contribution is -2.60. The number of halogens is 6. The van der Waals surface area contributed by atoms with E-state index in [4.69, 9.17) is 0 Å². The molecule has 0 spiro atoms. The van der Waals surface area contributed by atoms with Crippen molar-refractivity contribution in [1.29, 1.82) is 0 Å². The van der Waals surface area contributed by atoms with Gasteiger partial charge in [0.25, 0.3) is 0 Å². The van der Waals surface area contributed by atoms with Crippen LogP contribution < -0.4 is 4.74 Å². The van der Waals surface area contributed by atoms with Crippen LogP contribution in [0.5, 0.6) is 5.75 Å². The van der Waals surface area contributed by atoms with E-state index in [9.17, 15) is 26.3 Å². The molecule has 132 valence electrons. The molecule has 0 amide bonds. The molecule has 2 aromatic carbocycles. The monoisotopic (exact) mass is 358 g/mol. The normalized spacial score (nSPS) is 16.7. The topological polar surface area (TPSA) is 9.23 Å². The second-order valence-electron chi connectivity index (χ2n) is 5.76. The minimum atomic E-state index is -5.67. The third kappa shape index (κ3) is 2.77. The minimum absolute atomic E-state index is 0.129. The van der Waals surface area contributed by atoms with Gasteiger partial charge in [-0.25, -0.2) is 0 Å². The SMILES string of the molecule is Cc1ccc2c(c1)C(c1ccccc1)=CC(C(F)(F)F)(C(F)(F)F)O2. The van der Waals surface area contributed by atoms with E-state index in [-0.39, 0.29) is 22.8 Å². The van der Waals surface area contributed by atoms with Gasteiger partial charge in [-0.05, 0) is 36.3 Å². The maximum absolute atomic E-state index is 13.5. The molecule has 0 aliphatic carbocycles. The summed E-state index contributed by atoms with van der Waals surface area (Å²) in [7, 11) is 0. The summed E-state index contributed by atoms with van der Waals surface area (Å²) in [4.78, 5) is 0. The molecule has 0 bridgehead atoms. The van der Waals surface area contributed by atoms with Crippen molar-refractivity contribution >= 4 is 5.57 Å². The Morgan fingerprint density at radius 2 is 1.44 bits per heavy atom. The molecule has 0 radical (unpaired) electrons. The van der Waals surface area contributed by atoms with Crippen molar-refractivity contribution in [2.24, 2.45) is 0 Å². The lowest BCUT2D eigenvalue weighted by atomic mass is 9.87. The average molecular weight is 358 g/mol. The maximum Gasteiger partial charge on any atom is 0.441 e. The Morgan fingerprint density at radius 1 is 0.840 bits per heavy atom. The van der Waals surface area contributed by atoms with Crippen molar-refractivity contribution in [3.05, 3.63) is 71.3 Å². The summed E-state index contributed by atoms with van der Waals surface area (Å²) in [5.41, 5.74) is -3.44. The van der Waals surface area contributed by atoms with Gasteiger partial charge in [0, 0.05) is 5.56 Å². The van der Waals surface area contributed by atoms with E-state index in [0.717, 1.165) is 6.07 Å². The first kappa shape index (κ1) is 17.4. The highest BCUT2D eigenvalue weighted by molar-refractivity contribution is 5.85. The molecule has 7 heteroatoms. The second kappa shape index (κ2) is 5.54. The number of hydrogen-bond donors (Lipinski definition) is 0. The van der Waals surface area contributed by atoms with Gasteiger partial charge in [-0.2, -0.15) is 26.3 Å². The molecule has 0 atom stereocenters. The predicted molar refractivity (Wildman–Crippen MR) is 80.2 cm³/mol. The Hall–Kier alpha value is -2.44. The van der Waals surface area contributed by atoms with Crippen LogP contribution in [0, 0.1) is 6.92 Å². The summed E-state index contributed by atoms with van der Waals surface area (Å²) in [6.07, 6.45) is -11.2. The first-order valence-electron chi connectivity index (χ1n) is 7.27. The Labute approximate surface area is 139 Å². The Kier molecular flexibility index (Phi) is 3.85. The number of hydrogen-bond acceptors (Lipinski definition) is 1. The molecular weight excluding hydrogens is 346 g/mol. The zero-order valence-corrected chi connectivity index (χ0v) is 12.9. The van der Waals surface area contributed by atoms with Crippen LogP contribution in [-0.2, 0) is 0 Å². The van der Waals surface area contributed by atoms with Crippen molar-refractivity contribution in [2.45, 2.75) is 24.9 Å². The highest BCUT2D eigenvalue weighted by Gasteiger charge is 2.73. The fourth-order valence-electron chi connectivity index (χ4n) is 2.72. The third-order valence-electron chi connectivity index (χ3n) is 3.97. The van der Waals surface area contributed by atoms with Crippen LogP contribution in [0.25, 0.3) is 5.57 Å². The molecule has 1 aliphatic rings. The third-order valence-corrected chi connectivity index (χ3v) is 3.97. The summed E-state index contributed by atoms with van der Waals surface area (Å²) in [5, 5.41) is 0. The van der Waals surface area contributed by atoms with Crippen LogP contribution in [0.3, 0.4) is 0 Å². The molecule has 1 heterocycles. The molecular formula is C18H12F6O. The van der Waals surface area contributed by atoms with Gasteiger partial charge in [0.1, 0.15) is 5.75 Å². The van der Waals surface area contributed by atoms with Crippen LogP contribution in [-0.4, -0.2) is 18.0 Å². The van der Waals surface area contributed by atoms with E-state index in [1.807, 2.05) is 0 Å². The molecule has 0 saturated heterocycles. The predicted octanol–water partition coefficient (Wildman–Crippen LogP) is 5.68. The highest BCUT2D eigenvalue weighted by Crippen LogP contribution is 2.52. The van der Waals surface area contributed by atoms with Crippen molar-refractivity contribution in [3.63, 3.8) is 0 Å². The molecule has 3 rings (SSSR count). The molecule has 2 aromatic rings. The van der Waals surface area contributed by atoms with Crippen LogP contribution in [0.1, 0.15) is 16.7 Å². The van der Waals surface area contributed by atoms with E-state index in [1.165, 1.54) is 24.3 Å². The number of fused-ring (bicyclic) bond motifs is 1. The maximum atomic E-state index is 13.5. The summed E-state index contributed by atoms with van der Waals surface area (Å²) < 4.78 is 85.3. The van der Waals surface area contributed by atoms with Crippen LogP contribution >= 0.6 is 0 Å². The fraction of sp³-hybridized carbons (Fsp3) is 0.222. The first-order valence-corrected chi connectivity index (χ1v) is 7.27. The van der Waals surface area contributed by atoms with Gasteiger partial charge in [0.2, 0.25) is 0 Å². The molecule has 0 fully saturated rings. The Balaban J connectivity index is 2.34. The summed E-state index contributed by atoms with van der Waals surface area (Å²) >= 11 is 0. The summed E-state index contributed by atoms with van der Waals surface area (Å²) in [5.74, 6) is -0.457. The fourth-order valence-corrected chi connectivity index (χ4v) is 2.72. The zero-order chi connectivity index (χ0) is 18.5. The van der Waals surface area contributed by atoms with E-state index < -0.39 is 23.7 Å². The zero-order valence-electron chi connectivity index (χ0n) is 12.9. The van der Waals surface area contributed by atoms with Crippen LogP contribution in [0.2, 0.25) is 0 Å². The van der Waals surface area contributed by atoms with Gasteiger partial charge in [-0.15, -0.1) is 0 Å². The summed E-state index contributed by atoms with van der Waals surface area (Å²) in [6.45, 7) is 1.69. The Bertz CT molecular complexity index is 804. The number of rotatable bonds is 1. The van der Waals surface area contributed by atoms with Gasteiger partial charge >= 0.3 is 18.0 Å². The molecule has 0 N–H and O–H groups in total. The number of aryl methyl sites for hydroxylation is 1. The molecule has 25 heavy (non-hydrogen) atoms. The van der Waals surface area contributed by atoms with Gasteiger partial charge in [0.05, 0.1) is 0 Å². The van der Waals surface area contributed by atoms with Crippen LogP contribution in [0.15, 0.2) is 54.6 Å². The molecule has 1 aliphatic heterocycles. The number of ether oxygens (including phenoxy) is 1. The standard InChI is InChI=1S/C18H12F6O/c1-11-7-8-15-13(9-11)14(12-5-3-2-4-6-12)10-16(25-15,17(19,20)21)18(22,23)24/h2-10H,1H3. The van der Waals surface area contributed by atoms with Gasteiger partial charge < -0.3 is 4.74 Å². The van der Waals surface area contributed by atoms with E-state index in [2.05, 4.69) is 4.74 Å². The quantitative estimate of drug-likeness (QED) is 0.596. The van der Waals surface area contributed by atoms with Crippen LogP contribution in [0.4, 0.5) is 26.3 Å². The Morgan fingerprint density at radius 3 is 2.00 bits per heavy atom. The van der Waals surface area contributed by atoms with Gasteiger partial charge in [-0.3, -0.25) is 0 Å². The second-order valence-corrected chi connectivity index (χ2v) is 5.76. The van der Waals surface area contributed by atoms with E-state index in [0.29, 0.717) is 5.56 Å². The van der Waals surface area contributed by atoms with Gasteiger partial charge in [-0.1, -0.05) is 42.0 Å². The highest BCUT2D eigenvalue weighted by atomic mass is 19.4. The molecule has 0 aromatic heterocycles. The van der Waals surface area contributed by atoms with E-state index in [1.54, 1.807) is 25.1 Å². The average Bonchev–Trinajstić information content (AvgIpc) is 2.52. The summed E-state index contributed by atoms with van der Waals surface area (Å²) in [6, 6.07) is 11.7. The van der Waals surface area contributed by atoms with Crippen molar-refractivity contribution in [3.8, 4) is 5.75 Å². The van der Waals surface area contributed by atoms with Crippen molar-refractivity contribution < 1.29 is 31.1 Å². The van der Waals surface area contributed by atoms with Crippen molar-refractivity contribution in [2.75, 3.05) is 0 Å². The number of alkyl halides is 6. The smallest absolute Gasteiger partial charge is 0.441 e. The lowest BCUT2D eigenvalue weighted by molar-refractivity contribution is -0.338.